The lowest BCUT2D eigenvalue weighted by Gasteiger charge is -2.14. The normalized spacial score (nSPS) is 10.6. The van der Waals surface area contributed by atoms with Crippen LogP contribution >= 0.6 is 0 Å². The van der Waals surface area contributed by atoms with Crippen LogP contribution < -0.4 is 0 Å². The van der Waals surface area contributed by atoms with Crippen molar-refractivity contribution in [3.63, 3.8) is 0 Å². The molecule has 4 aromatic rings. The first-order chi connectivity index (χ1) is 13.1. The van der Waals surface area contributed by atoms with Gasteiger partial charge in [0.05, 0.1) is 6.54 Å². The average molecular weight is 352 g/mol. The van der Waals surface area contributed by atoms with E-state index in [0.29, 0.717) is 12.2 Å². The molecule has 0 N–H and O–H groups in total. The summed E-state index contributed by atoms with van der Waals surface area (Å²) in [4.78, 5) is 14.5. The van der Waals surface area contributed by atoms with E-state index in [0.717, 1.165) is 21.9 Å². The number of fused-ring (bicyclic) bond motifs is 2. The van der Waals surface area contributed by atoms with Crippen molar-refractivity contribution in [2.24, 2.45) is 7.05 Å². The maximum atomic E-state index is 12.8. The van der Waals surface area contributed by atoms with E-state index in [-0.39, 0.29) is 5.91 Å². The van der Waals surface area contributed by atoms with Crippen molar-refractivity contribution in [3.05, 3.63) is 84.1 Å². The van der Waals surface area contributed by atoms with Crippen molar-refractivity contribution in [1.29, 1.82) is 0 Å². The molecule has 1 aromatic heterocycles. The van der Waals surface area contributed by atoms with E-state index in [1.165, 1.54) is 5.39 Å². The maximum absolute atomic E-state index is 12.8. The molecule has 0 bridgehead atoms. The summed E-state index contributed by atoms with van der Waals surface area (Å²) < 4.78 is 1.94. The average Bonchev–Trinajstić information content (AvgIpc) is 3.04. The van der Waals surface area contributed by atoms with Crippen LogP contribution in [0.5, 0.6) is 0 Å². The van der Waals surface area contributed by atoms with Crippen LogP contribution in [-0.4, -0.2) is 29.0 Å². The van der Waals surface area contributed by atoms with Gasteiger partial charge in [0.25, 0.3) is 5.91 Å². The number of aryl methyl sites for hydroxylation is 1. The smallest absolute Gasteiger partial charge is 0.271 e. The van der Waals surface area contributed by atoms with E-state index in [9.17, 15) is 4.79 Å². The summed E-state index contributed by atoms with van der Waals surface area (Å²) in [6.45, 7) is 0.379. The van der Waals surface area contributed by atoms with E-state index >= 15 is 0 Å². The Morgan fingerprint density at radius 3 is 2.48 bits per heavy atom. The molecule has 132 valence electrons. The molecule has 0 aliphatic heterocycles. The number of nitrogens with zero attached hydrogens (tertiary/aromatic N) is 2. The third-order valence-corrected chi connectivity index (χ3v) is 4.85. The molecule has 1 heterocycles. The minimum Gasteiger partial charge on any atom is -0.340 e. The molecule has 0 aliphatic carbocycles. The van der Waals surface area contributed by atoms with Gasteiger partial charge in [-0.1, -0.05) is 66.4 Å². The molecular formula is C24H20N2O. The Hall–Kier alpha value is -3.51. The monoisotopic (exact) mass is 352 g/mol. The standard InChI is InChI=1S/C24H20N2O/c1-25(24(27)23-17-20-10-4-6-15-22(20)26(23)2)16-8-13-19-12-7-11-18-9-3-5-14-21(18)19/h3-7,9-12,14-15,17H,16H2,1-2H3. The van der Waals surface area contributed by atoms with Crippen molar-refractivity contribution in [2.45, 2.75) is 0 Å². The highest BCUT2D eigenvalue weighted by Gasteiger charge is 2.16. The van der Waals surface area contributed by atoms with Crippen LogP contribution in [0.2, 0.25) is 0 Å². The molecule has 0 aliphatic rings. The number of hydrogen-bond donors (Lipinski definition) is 0. The molecule has 27 heavy (non-hydrogen) atoms. The van der Waals surface area contributed by atoms with E-state index < -0.39 is 0 Å². The highest BCUT2D eigenvalue weighted by molar-refractivity contribution is 5.98. The molecule has 1 amide bonds. The van der Waals surface area contributed by atoms with Gasteiger partial charge in [0, 0.05) is 30.6 Å². The van der Waals surface area contributed by atoms with Gasteiger partial charge in [0.1, 0.15) is 5.69 Å². The Kier molecular flexibility index (Phi) is 4.40. The molecular weight excluding hydrogens is 332 g/mol. The highest BCUT2D eigenvalue weighted by Crippen LogP contribution is 2.19. The molecule has 0 unspecified atom stereocenters. The molecule has 0 fully saturated rings. The van der Waals surface area contributed by atoms with Gasteiger partial charge in [-0.15, -0.1) is 0 Å². The van der Waals surface area contributed by atoms with E-state index in [1.807, 2.05) is 66.2 Å². The predicted octanol–water partition coefficient (Wildman–Crippen LogP) is 4.46. The Morgan fingerprint density at radius 2 is 1.67 bits per heavy atom. The van der Waals surface area contributed by atoms with E-state index in [1.54, 1.807) is 11.9 Å². The predicted molar refractivity (Wildman–Crippen MR) is 111 cm³/mol. The van der Waals surface area contributed by atoms with Crippen LogP contribution in [0.4, 0.5) is 0 Å². The Balaban J connectivity index is 1.56. The van der Waals surface area contributed by atoms with Crippen molar-refractivity contribution in [3.8, 4) is 11.8 Å². The summed E-state index contributed by atoms with van der Waals surface area (Å²) in [5, 5.41) is 3.37. The van der Waals surface area contributed by atoms with Gasteiger partial charge < -0.3 is 9.47 Å². The van der Waals surface area contributed by atoms with Crippen LogP contribution in [-0.2, 0) is 7.05 Å². The summed E-state index contributed by atoms with van der Waals surface area (Å²) in [5.74, 6) is 6.33. The molecule has 0 atom stereocenters. The number of rotatable bonds is 2. The number of amides is 1. The maximum Gasteiger partial charge on any atom is 0.271 e. The summed E-state index contributed by atoms with van der Waals surface area (Å²) in [5.41, 5.74) is 2.71. The largest absolute Gasteiger partial charge is 0.340 e. The Morgan fingerprint density at radius 1 is 0.963 bits per heavy atom. The molecule has 0 spiro atoms. The second-order valence-corrected chi connectivity index (χ2v) is 6.64. The molecule has 4 rings (SSSR count). The van der Waals surface area contributed by atoms with Crippen LogP contribution in [0.25, 0.3) is 21.7 Å². The van der Waals surface area contributed by atoms with E-state index in [4.69, 9.17) is 0 Å². The molecule has 0 saturated carbocycles. The first kappa shape index (κ1) is 16.9. The lowest BCUT2D eigenvalue weighted by molar-refractivity contribution is 0.0804. The zero-order valence-electron chi connectivity index (χ0n) is 15.4. The highest BCUT2D eigenvalue weighted by atomic mass is 16.2. The number of carbonyl (C=O) groups is 1. The van der Waals surface area contributed by atoms with Crippen molar-refractivity contribution >= 4 is 27.6 Å². The second-order valence-electron chi connectivity index (χ2n) is 6.64. The minimum atomic E-state index is -0.0269. The topological polar surface area (TPSA) is 25.2 Å². The zero-order chi connectivity index (χ0) is 18.8. The number of carbonyl (C=O) groups excluding carboxylic acids is 1. The van der Waals surface area contributed by atoms with Gasteiger partial charge in [-0.2, -0.15) is 0 Å². The second kappa shape index (κ2) is 7.01. The lowest BCUT2D eigenvalue weighted by Crippen LogP contribution is -2.28. The first-order valence-electron chi connectivity index (χ1n) is 8.92. The number of para-hydroxylation sites is 1. The molecule has 3 heteroatoms. The Labute approximate surface area is 158 Å². The summed E-state index contributed by atoms with van der Waals surface area (Å²) in [7, 11) is 3.71. The SMILES string of the molecule is CN(CC#Cc1cccc2ccccc12)C(=O)c1cc2ccccc2n1C. The molecule has 0 radical (unpaired) electrons. The summed E-state index contributed by atoms with van der Waals surface area (Å²) in [6, 6.07) is 24.2. The summed E-state index contributed by atoms with van der Waals surface area (Å²) >= 11 is 0. The minimum absolute atomic E-state index is 0.0269. The lowest BCUT2D eigenvalue weighted by atomic mass is 10.1. The van der Waals surface area contributed by atoms with Crippen LogP contribution in [0.15, 0.2) is 72.8 Å². The van der Waals surface area contributed by atoms with E-state index in [2.05, 4.69) is 30.0 Å². The van der Waals surface area contributed by atoms with Gasteiger partial charge >= 0.3 is 0 Å². The number of benzene rings is 3. The van der Waals surface area contributed by atoms with Gasteiger partial charge in [-0.05, 0) is 29.0 Å². The van der Waals surface area contributed by atoms with Crippen molar-refractivity contribution in [1.82, 2.24) is 9.47 Å². The fraction of sp³-hybridized carbons (Fsp3) is 0.125. The quantitative estimate of drug-likeness (QED) is 0.489. The molecule has 3 aromatic carbocycles. The third-order valence-electron chi connectivity index (χ3n) is 4.85. The zero-order valence-corrected chi connectivity index (χ0v) is 15.4. The van der Waals surface area contributed by atoms with Gasteiger partial charge in [-0.25, -0.2) is 0 Å². The molecule has 3 nitrogen and oxygen atoms in total. The van der Waals surface area contributed by atoms with Gasteiger partial charge in [0.15, 0.2) is 0 Å². The van der Waals surface area contributed by atoms with Crippen molar-refractivity contribution < 1.29 is 4.79 Å². The van der Waals surface area contributed by atoms with Gasteiger partial charge in [-0.3, -0.25) is 4.79 Å². The van der Waals surface area contributed by atoms with Crippen molar-refractivity contribution in [2.75, 3.05) is 13.6 Å². The summed E-state index contributed by atoms with van der Waals surface area (Å²) in [6.07, 6.45) is 0. The fourth-order valence-corrected chi connectivity index (χ4v) is 3.35. The van der Waals surface area contributed by atoms with Crippen LogP contribution in [0.1, 0.15) is 16.1 Å². The van der Waals surface area contributed by atoms with Crippen LogP contribution in [0.3, 0.4) is 0 Å². The molecule has 0 saturated heterocycles. The van der Waals surface area contributed by atoms with Gasteiger partial charge in [0.2, 0.25) is 0 Å². The number of aromatic nitrogens is 1. The van der Waals surface area contributed by atoms with Crippen LogP contribution in [0, 0.1) is 11.8 Å². The first-order valence-corrected chi connectivity index (χ1v) is 8.92. The number of hydrogen-bond acceptors (Lipinski definition) is 1. The third kappa shape index (κ3) is 3.18. The fourth-order valence-electron chi connectivity index (χ4n) is 3.35. The Bertz CT molecular complexity index is 1200.